The van der Waals surface area contributed by atoms with Gasteiger partial charge >= 0.3 is 0 Å². The third-order valence-electron chi connectivity index (χ3n) is 4.91. The molecule has 138 valence electrons. The molecule has 0 saturated carbocycles. The summed E-state index contributed by atoms with van der Waals surface area (Å²) >= 11 is 0. The Hall–Kier alpha value is -1.75. The van der Waals surface area contributed by atoms with Crippen LogP contribution >= 0.6 is 0 Å². The van der Waals surface area contributed by atoms with Crippen molar-refractivity contribution in [3.63, 3.8) is 0 Å². The maximum absolute atomic E-state index is 14.4. The van der Waals surface area contributed by atoms with E-state index in [2.05, 4.69) is 23.6 Å². The molecule has 0 bridgehead atoms. The van der Waals surface area contributed by atoms with Gasteiger partial charge in [0.2, 0.25) is 0 Å². The van der Waals surface area contributed by atoms with E-state index in [4.69, 9.17) is 0 Å². The zero-order chi connectivity index (χ0) is 18.2. The minimum absolute atomic E-state index is 0.267. The van der Waals surface area contributed by atoms with Crippen molar-refractivity contribution >= 4 is 18.3 Å². The molecule has 1 atom stereocenters. The smallest absolute Gasteiger partial charge is 0.129 e. The molecule has 1 aromatic carbocycles. The van der Waals surface area contributed by atoms with E-state index in [1.165, 1.54) is 6.07 Å². The van der Waals surface area contributed by atoms with E-state index in [0.29, 0.717) is 18.0 Å². The molecule has 1 heterocycles. The van der Waals surface area contributed by atoms with Crippen LogP contribution in [0.1, 0.15) is 51.0 Å². The van der Waals surface area contributed by atoms with Crippen LogP contribution in [0.25, 0.3) is 0 Å². The summed E-state index contributed by atoms with van der Waals surface area (Å²) in [6.45, 7) is 8.44. The molecule has 0 spiro atoms. The lowest BCUT2D eigenvalue weighted by molar-refractivity contribution is -0.110. The fourth-order valence-electron chi connectivity index (χ4n) is 3.51. The van der Waals surface area contributed by atoms with Crippen LogP contribution < -0.4 is 4.90 Å². The lowest BCUT2D eigenvalue weighted by atomic mass is 9.94. The Bertz CT molecular complexity index is 567. The average molecular weight is 348 g/mol. The summed E-state index contributed by atoms with van der Waals surface area (Å²) in [5.74, 6) is -0.907. The zero-order valence-corrected chi connectivity index (χ0v) is 15.3. The maximum atomic E-state index is 14.4. The molecule has 2 rings (SSSR count). The molecule has 1 aliphatic rings. The zero-order valence-electron chi connectivity index (χ0n) is 15.3. The van der Waals surface area contributed by atoms with Crippen LogP contribution in [0.3, 0.4) is 0 Å². The fraction of sp³-hybridized carbons (Fsp3) is 0.600. The predicted molar refractivity (Wildman–Crippen MR) is 98.7 cm³/mol. The Balaban J connectivity index is 1.99. The summed E-state index contributed by atoms with van der Waals surface area (Å²) in [6.07, 6.45) is 4.42. The van der Waals surface area contributed by atoms with E-state index < -0.39 is 5.92 Å². The van der Waals surface area contributed by atoms with E-state index in [9.17, 15) is 14.0 Å². The molecule has 5 heteroatoms. The van der Waals surface area contributed by atoms with Crippen LogP contribution in [-0.4, -0.2) is 49.7 Å². The summed E-state index contributed by atoms with van der Waals surface area (Å²) in [5, 5.41) is 0. The molecule has 0 amide bonds. The van der Waals surface area contributed by atoms with Gasteiger partial charge < -0.3 is 14.5 Å². The van der Waals surface area contributed by atoms with Gasteiger partial charge in [0.1, 0.15) is 18.4 Å². The summed E-state index contributed by atoms with van der Waals surface area (Å²) < 4.78 is 14.4. The van der Waals surface area contributed by atoms with Crippen molar-refractivity contribution in [1.29, 1.82) is 0 Å². The Morgan fingerprint density at radius 1 is 1.24 bits per heavy atom. The van der Waals surface area contributed by atoms with E-state index >= 15 is 0 Å². The molecule has 1 saturated heterocycles. The molecular weight excluding hydrogens is 319 g/mol. The molecule has 25 heavy (non-hydrogen) atoms. The van der Waals surface area contributed by atoms with Crippen LogP contribution in [-0.2, 0) is 9.59 Å². The van der Waals surface area contributed by atoms with Crippen LogP contribution in [0.4, 0.5) is 10.1 Å². The Labute approximate surface area is 150 Å². The van der Waals surface area contributed by atoms with Crippen LogP contribution in [0.15, 0.2) is 18.2 Å². The highest BCUT2D eigenvalue weighted by atomic mass is 19.1. The number of aldehydes is 2. The first-order chi connectivity index (χ1) is 12.1. The highest BCUT2D eigenvalue weighted by Gasteiger charge is 2.31. The largest absolute Gasteiger partial charge is 0.368 e. The second kappa shape index (κ2) is 9.66. The summed E-state index contributed by atoms with van der Waals surface area (Å²) in [5.41, 5.74) is 1.25. The molecule has 0 radical (unpaired) electrons. The topological polar surface area (TPSA) is 40.6 Å². The number of carbonyl (C=O) groups is 2. The number of hydrogen-bond acceptors (Lipinski definition) is 4. The molecule has 1 fully saturated rings. The van der Waals surface area contributed by atoms with Crippen molar-refractivity contribution < 1.29 is 14.0 Å². The first kappa shape index (κ1) is 19.6. The average Bonchev–Trinajstić information content (AvgIpc) is 2.56. The molecule has 0 aliphatic carbocycles. The lowest BCUT2D eigenvalue weighted by Gasteiger charge is -2.47. The second-order valence-electron chi connectivity index (χ2n) is 6.79. The number of benzene rings is 1. The molecule has 0 aromatic heterocycles. The number of rotatable bonds is 11. The van der Waals surface area contributed by atoms with Crippen LogP contribution in [0, 0.1) is 5.82 Å². The van der Waals surface area contributed by atoms with E-state index in [1.807, 2.05) is 6.07 Å². The van der Waals surface area contributed by atoms with Gasteiger partial charge in [-0.25, -0.2) is 4.39 Å². The molecule has 0 N–H and O–H groups in total. The Kier molecular flexibility index (Phi) is 7.56. The van der Waals surface area contributed by atoms with Crippen molar-refractivity contribution in [3.8, 4) is 0 Å². The molecule has 1 unspecified atom stereocenters. The van der Waals surface area contributed by atoms with Crippen LogP contribution in [0.5, 0.6) is 0 Å². The van der Waals surface area contributed by atoms with Gasteiger partial charge in [-0.15, -0.1) is 0 Å². The van der Waals surface area contributed by atoms with E-state index in [0.717, 1.165) is 57.3 Å². The quantitative estimate of drug-likeness (QED) is 0.575. The Morgan fingerprint density at radius 3 is 2.44 bits per heavy atom. The number of halogens is 1. The van der Waals surface area contributed by atoms with Gasteiger partial charge in [0, 0.05) is 37.2 Å². The third-order valence-corrected chi connectivity index (χ3v) is 4.91. The van der Waals surface area contributed by atoms with Crippen molar-refractivity contribution in [2.45, 2.75) is 51.5 Å². The number of anilines is 1. The van der Waals surface area contributed by atoms with Gasteiger partial charge in [-0.3, -0.25) is 4.90 Å². The SMILES string of the molecule is CCCN(CCC)C1CN(c2ccc(C(C=O)CCC=O)c(F)c2)C1. The highest BCUT2D eigenvalue weighted by Crippen LogP contribution is 2.29. The van der Waals surface area contributed by atoms with Crippen molar-refractivity contribution in [3.05, 3.63) is 29.6 Å². The van der Waals surface area contributed by atoms with Gasteiger partial charge in [-0.2, -0.15) is 0 Å². The van der Waals surface area contributed by atoms with Gasteiger partial charge in [0.15, 0.2) is 0 Å². The minimum Gasteiger partial charge on any atom is -0.368 e. The summed E-state index contributed by atoms with van der Waals surface area (Å²) in [7, 11) is 0. The number of hydrogen-bond donors (Lipinski definition) is 0. The maximum Gasteiger partial charge on any atom is 0.129 e. The molecule has 4 nitrogen and oxygen atoms in total. The summed E-state index contributed by atoms with van der Waals surface area (Å²) in [6, 6.07) is 5.64. The first-order valence-corrected chi connectivity index (χ1v) is 9.31. The minimum atomic E-state index is -0.548. The van der Waals surface area contributed by atoms with E-state index in [1.54, 1.807) is 6.07 Å². The predicted octanol–water partition coefficient (Wildman–Crippen LogP) is 3.40. The number of nitrogens with zero attached hydrogens (tertiary/aromatic N) is 2. The first-order valence-electron chi connectivity index (χ1n) is 9.31. The lowest BCUT2D eigenvalue weighted by Crippen LogP contribution is -2.59. The van der Waals surface area contributed by atoms with Gasteiger partial charge in [0.25, 0.3) is 0 Å². The van der Waals surface area contributed by atoms with Crippen LogP contribution in [0.2, 0.25) is 0 Å². The van der Waals surface area contributed by atoms with Crippen molar-refractivity contribution in [1.82, 2.24) is 4.90 Å². The molecule has 1 aliphatic heterocycles. The molecule has 1 aromatic rings. The molecular formula is C20H29FN2O2. The van der Waals surface area contributed by atoms with Crippen molar-refractivity contribution in [2.75, 3.05) is 31.1 Å². The monoisotopic (exact) mass is 348 g/mol. The van der Waals surface area contributed by atoms with Gasteiger partial charge in [0.05, 0.1) is 0 Å². The van der Waals surface area contributed by atoms with Gasteiger partial charge in [-0.1, -0.05) is 19.9 Å². The van der Waals surface area contributed by atoms with Gasteiger partial charge in [-0.05, 0) is 50.0 Å². The fourth-order valence-corrected chi connectivity index (χ4v) is 3.51. The second-order valence-corrected chi connectivity index (χ2v) is 6.79. The standard InChI is InChI=1S/C20H29FN2O2/c1-3-9-22(10-4-2)18-13-23(14-18)17-7-8-19(20(21)12-17)16(15-25)6-5-11-24/h7-8,11-12,15-16,18H,3-6,9-10,13-14H2,1-2H3. The third kappa shape index (κ3) is 4.88. The normalized spacial score (nSPS) is 15.9. The van der Waals surface area contributed by atoms with E-state index in [-0.39, 0.29) is 12.2 Å². The Morgan fingerprint density at radius 2 is 1.92 bits per heavy atom. The van der Waals surface area contributed by atoms with Crippen molar-refractivity contribution in [2.24, 2.45) is 0 Å². The summed E-state index contributed by atoms with van der Waals surface area (Å²) in [4.78, 5) is 26.4. The highest BCUT2D eigenvalue weighted by molar-refractivity contribution is 5.65. The number of carbonyl (C=O) groups excluding carboxylic acids is 2.